The summed E-state index contributed by atoms with van der Waals surface area (Å²) in [6.07, 6.45) is 13.9. The fourth-order valence-electron chi connectivity index (χ4n) is 19.9. The number of anilines is 10. The molecule has 6 aromatic carbocycles. The monoisotopic (exact) mass is 1850 g/mol. The molecule has 0 radical (unpaired) electrons. The molecule has 0 atom stereocenters. The zero-order valence-electron chi connectivity index (χ0n) is 74.9. The van der Waals surface area contributed by atoms with Gasteiger partial charge in [0.2, 0.25) is 0 Å². The Morgan fingerprint density at radius 1 is 0.336 bits per heavy atom. The molecule has 11 aromatic heterocycles. The van der Waals surface area contributed by atoms with Crippen LogP contribution in [0.4, 0.5) is 78.4 Å². The molecule has 17 aromatic rings. The number of pyridine rings is 3. The second-order valence-electron chi connectivity index (χ2n) is 35.4. The van der Waals surface area contributed by atoms with Gasteiger partial charge in [0.05, 0.1) is 110 Å². The van der Waals surface area contributed by atoms with Crippen molar-refractivity contribution in [3.8, 4) is 0 Å². The first-order valence-corrected chi connectivity index (χ1v) is 47.7. The van der Waals surface area contributed by atoms with Crippen LogP contribution in [0.5, 0.6) is 0 Å². The summed E-state index contributed by atoms with van der Waals surface area (Å²) in [5.74, 6) is 4.66. The molecule has 134 heavy (non-hydrogen) atoms. The van der Waals surface area contributed by atoms with Crippen LogP contribution < -0.4 is 49.0 Å². The molecule has 9 aliphatic rings. The van der Waals surface area contributed by atoms with Crippen LogP contribution in [0.3, 0.4) is 0 Å². The van der Waals surface area contributed by atoms with E-state index >= 15 is 0 Å². The quantitative estimate of drug-likeness (QED) is 0.108. The maximum Gasteiger partial charge on any atom is 0.186 e. The number of hydrogen-bond acceptors (Lipinski definition) is 24. The molecule has 9 aliphatic heterocycles. The summed E-state index contributed by atoms with van der Waals surface area (Å²) in [6, 6.07) is 41.7. The highest BCUT2D eigenvalue weighted by Crippen LogP contribution is 2.41. The van der Waals surface area contributed by atoms with Crippen LogP contribution in [-0.4, -0.2) is 206 Å². The molecule has 26 rings (SSSR count). The first-order chi connectivity index (χ1) is 65.6. The number of thiazole rings is 2. The number of morpholine rings is 4. The van der Waals surface area contributed by atoms with Gasteiger partial charge in [-0.2, -0.15) is 0 Å². The first-order valence-electron chi connectivity index (χ1n) is 46.1. The molecule has 688 valence electrons. The fraction of sp³-hybridized carbons (Fsp3) is 0.337. The number of fused-ring (bicyclic) bond motifs is 17. The Kier molecular flexibility index (Phi) is 24.0. The van der Waals surface area contributed by atoms with E-state index in [-0.39, 0.29) is 29.1 Å². The Morgan fingerprint density at radius 2 is 0.799 bits per heavy atom. The highest BCUT2D eigenvalue weighted by molar-refractivity contribution is 7.22. The Bertz CT molecular complexity index is 7140. The van der Waals surface area contributed by atoms with Crippen LogP contribution >= 0.6 is 22.7 Å². The topological polar surface area (TPSA) is 225 Å². The van der Waals surface area contributed by atoms with Crippen molar-refractivity contribution >= 4 is 154 Å². The van der Waals surface area contributed by atoms with Gasteiger partial charge in [-0.1, -0.05) is 22.7 Å². The maximum absolute atomic E-state index is 13.8. The third kappa shape index (κ3) is 17.8. The first kappa shape index (κ1) is 86.2. The number of aromatic amines is 3. The fourth-order valence-corrected chi connectivity index (χ4v) is 21.9. The summed E-state index contributed by atoms with van der Waals surface area (Å²) in [7, 11) is 6.09. The van der Waals surface area contributed by atoms with Crippen molar-refractivity contribution in [3.63, 3.8) is 0 Å². The van der Waals surface area contributed by atoms with Crippen molar-refractivity contribution in [2.75, 3.05) is 201 Å². The summed E-state index contributed by atoms with van der Waals surface area (Å²) < 4.78 is 101. The van der Waals surface area contributed by atoms with E-state index < -0.39 is 0 Å². The lowest BCUT2D eigenvalue weighted by atomic mass is 10.0. The van der Waals surface area contributed by atoms with Crippen LogP contribution in [0.1, 0.15) is 56.4 Å². The maximum atomic E-state index is 13.8. The van der Waals surface area contributed by atoms with Gasteiger partial charge in [0.15, 0.2) is 10.3 Å². The van der Waals surface area contributed by atoms with E-state index in [9.17, 15) is 22.0 Å². The zero-order chi connectivity index (χ0) is 90.6. The van der Waals surface area contributed by atoms with Gasteiger partial charge in [-0.15, -0.1) is 0 Å². The molecule has 3 N–H and O–H groups in total. The molecule has 26 nitrogen and oxygen atoms in total. The van der Waals surface area contributed by atoms with Gasteiger partial charge < -0.3 is 91.9 Å². The molecule has 0 aliphatic carbocycles. The SMILES string of the molecule is CN(C)c1nc2ccc(N3CCc4oc5ccc(F)cc5c4C3)cc2s1.Cn1c2c(c3cc(F)ccc31)CN(c1ccc(N3CCOCC3)cn1)CC2.Fc1ccc2[nH]c3c(c2c1)CN(c1cc2sc(N4CCOCC4)nc2cn1)CC3.Fc1ccc2[nH]c3c(c2c1)CN(c1ccc(N2CCOCC2)cn1)CC3.Fc1ccc2c3c([nH]c2c1)CCN(c1cnc(N2CCOCC2)cn1)C3. The van der Waals surface area contributed by atoms with Crippen molar-refractivity contribution in [1.29, 1.82) is 0 Å². The van der Waals surface area contributed by atoms with Crippen LogP contribution in [0.25, 0.3) is 75.0 Å². The molecule has 20 heterocycles. The van der Waals surface area contributed by atoms with Crippen LogP contribution in [0.2, 0.25) is 0 Å². The van der Waals surface area contributed by atoms with Crippen molar-refractivity contribution < 1.29 is 45.3 Å². The lowest BCUT2D eigenvalue weighted by Gasteiger charge is -2.31. The molecule has 33 heteroatoms. The Hall–Kier alpha value is -13.2. The Morgan fingerprint density at radius 3 is 1.39 bits per heavy atom. The van der Waals surface area contributed by atoms with Crippen molar-refractivity contribution in [1.82, 2.24) is 54.4 Å². The second kappa shape index (κ2) is 37.3. The number of nitrogens with one attached hydrogen (secondary N) is 3. The minimum Gasteiger partial charge on any atom is -0.461 e. The molecular weight excluding hydrogens is 1750 g/mol. The lowest BCUT2D eigenvalue weighted by molar-refractivity contribution is 0.122. The van der Waals surface area contributed by atoms with E-state index in [0.29, 0.717) is 0 Å². The number of rotatable bonds is 10. The molecule has 0 unspecified atom stereocenters. The third-order valence-electron chi connectivity index (χ3n) is 27.1. The van der Waals surface area contributed by atoms with Gasteiger partial charge in [0.1, 0.15) is 75.0 Å². The summed E-state index contributed by atoms with van der Waals surface area (Å²) in [4.78, 5) is 65.5. The summed E-state index contributed by atoms with van der Waals surface area (Å²) in [5.41, 5.74) is 21.0. The molecule has 4 fully saturated rings. The average molecular weight is 1850 g/mol. The van der Waals surface area contributed by atoms with Gasteiger partial charge in [0.25, 0.3) is 0 Å². The van der Waals surface area contributed by atoms with Gasteiger partial charge >= 0.3 is 0 Å². The number of furan rings is 1. The van der Waals surface area contributed by atoms with Gasteiger partial charge in [-0.05, 0) is 133 Å². The molecule has 0 amide bonds. The average Bonchev–Trinajstić information content (AvgIpc) is 1.61. The number of benzene rings is 6. The van der Waals surface area contributed by atoms with Gasteiger partial charge in [0, 0.05) is 282 Å². The molecule has 0 spiro atoms. The molecule has 4 saturated heterocycles. The summed E-state index contributed by atoms with van der Waals surface area (Å²) in [5, 5.41) is 6.99. The largest absolute Gasteiger partial charge is 0.461 e. The van der Waals surface area contributed by atoms with Crippen LogP contribution in [0, 0.1) is 29.1 Å². The number of hydrogen-bond donors (Lipinski definition) is 3. The highest BCUT2D eigenvalue weighted by Gasteiger charge is 2.31. The summed E-state index contributed by atoms with van der Waals surface area (Å²) >= 11 is 3.41. The number of nitrogens with zero attached hydrogens (tertiary/aromatic N) is 18. The van der Waals surface area contributed by atoms with E-state index in [1.165, 1.54) is 85.7 Å². The second-order valence-corrected chi connectivity index (χ2v) is 37.4. The Balaban J connectivity index is 0.0000000975. The van der Waals surface area contributed by atoms with Crippen molar-refractivity contribution in [3.05, 3.63) is 256 Å². The number of aromatic nitrogens is 11. The van der Waals surface area contributed by atoms with E-state index in [1.54, 1.807) is 59.1 Å². The predicted molar refractivity (Wildman–Crippen MR) is 522 cm³/mol. The molecule has 0 bridgehead atoms. The van der Waals surface area contributed by atoms with E-state index in [0.717, 1.165) is 335 Å². The number of ether oxygens (including phenoxy) is 4. The lowest BCUT2D eigenvalue weighted by Crippen LogP contribution is -2.37. The minimum atomic E-state index is -0.222. The van der Waals surface area contributed by atoms with E-state index in [4.69, 9.17) is 38.3 Å². The molecule has 0 saturated carbocycles. The minimum absolute atomic E-state index is 0.180. The van der Waals surface area contributed by atoms with Gasteiger partial charge in [-0.25, -0.2) is 56.8 Å². The summed E-state index contributed by atoms with van der Waals surface area (Å²) in [6.45, 7) is 21.4. The zero-order valence-corrected chi connectivity index (χ0v) is 76.5. The van der Waals surface area contributed by atoms with E-state index in [2.05, 4.69) is 139 Å². The number of H-pyrrole nitrogens is 3. The van der Waals surface area contributed by atoms with Crippen LogP contribution in [-0.2, 0) is 90.8 Å². The normalized spacial score (nSPS) is 16.8. The molecular formula is C101H102F5N21O5S2. The van der Waals surface area contributed by atoms with Crippen molar-refractivity contribution in [2.24, 2.45) is 7.05 Å². The Labute approximate surface area is 778 Å². The van der Waals surface area contributed by atoms with Crippen LogP contribution in [0.15, 0.2) is 175 Å². The van der Waals surface area contributed by atoms with Crippen molar-refractivity contribution in [2.45, 2.75) is 64.8 Å². The standard InChI is InChI=1S/C21H20FN5OS.C21H23FN4O.C20H21FN4O.C20H18FN3OS.C19H20FN5O/c22-13-1-2-16-14(9-13)15-12-27(4-3-17(15)24-16)20-10-19-18(11-23-20)25-21(29-19)26-5-7-28-8-6-26;1-24-19-4-2-15(22)12-17(19)18-14-26(7-6-20(18)24)21-5-3-16(13-23-21)25-8-10-27-11-9-25;21-14-1-3-18-16(11-14)17-13-25(6-5-19(17)23-18)20-4-2-15(12-22-20)24-7-9-26-10-8-24;1-23(2)20-22-16-5-4-13(10-19(16)26-20)24-8-7-18-15(11-24)14-9-12(21)3-6-17(14)25-18;20-13-1-2-14-15-12-25(4-3-16(15)23-17(14)9-13)19-11-21-18(10-22-19)24-5-7-26-8-6-24/h1-2,9-11,24H,3-8,12H2;2-5,12-13H,6-11,14H2,1H3;1-4,11-12,23H,5-10,13H2;3-6,9-10H,7-8,11H2,1-2H3;1-2,9-11,23H,3-8,12H2. The smallest absolute Gasteiger partial charge is 0.186 e. The number of halogens is 5. The highest BCUT2D eigenvalue weighted by atomic mass is 32.1. The number of aryl methyl sites for hydroxylation is 1. The third-order valence-corrected chi connectivity index (χ3v) is 29.3. The van der Waals surface area contributed by atoms with Gasteiger partial charge in [-0.3, -0.25) is 0 Å². The predicted octanol–water partition coefficient (Wildman–Crippen LogP) is 17.2. The van der Waals surface area contributed by atoms with E-state index in [1.807, 2.05) is 74.2 Å².